The first kappa shape index (κ1) is 26.8. The van der Waals surface area contributed by atoms with Crippen molar-refractivity contribution in [2.75, 3.05) is 30.8 Å². The Morgan fingerprint density at radius 3 is 2.41 bits per heavy atom. The van der Waals surface area contributed by atoms with E-state index in [0.29, 0.717) is 53.3 Å². The number of carbonyl (C=O) groups is 1. The largest absolute Gasteiger partial charge is 0.383 e. The van der Waals surface area contributed by atoms with Gasteiger partial charge < -0.3 is 20.4 Å². The molecule has 1 saturated heterocycles. The third-order valence-corrected chi connectivity index (χ3v) is 7.71. The number of nitrogen functional groups attached to an aromatic ring is 1. The zero-order valence-electron chi connectivity index (χ0n) is 23.1. The molecule has 3 N–H and O–H groups in total. The lowest BCUT2D eigenvalue weighted by Crippen LogP contribution is -2.61. The number of aromatic nitrogens is 3. The Hall–Kier alpha value is -3.82. The summed E-state index contributed by atoms with van der Waals surface area (Å²) in [4.78, 5) is 22.9. The van der Waals surface area contributed by atoms with E-state index in [2.05, 4.69) is 41.0 Å². The van der Waals surface area contributed by atoms with Crippen molar-refractivity contribution in [2.45, 2.75) is 45.7 Å². The van der Waals surface area contributed by atoms with Crippen LogP contribution in [0.4, 0.5) is 15.9 Å². The minimum atomic E-state index is -0.492. The number of nitrogens with zero attached hydrogens (tertiary/aromatic N) is 4. The number of nitrogens with one attached hydrogen (secondary N) is 1. The lowest BCUT2D eigenvalue weighted by atomic mass is 9.83. The van der Waals surface area contributed by atoms with Crippen molar-refractivity contribution in [3.8, 4) is 22.4 Å². The molecule has 0 saturated carbocycles. The highest BCUT2D eigenvalue weighted by molar-refractivity contribution is 6.07. The van der Waals surface area contributed by atoms with Crippen molar-refractivity contribution in [1.29, 1.82) is 0 Å². The molecule has 1 amide bonds. The minimum Gasteiger partial charge on any atom is -0.383 e. The van der Waals surface area contributed by atoms with Crippen molar-refractivity contribution in [2.24, 2.45) is 7.05 Å². The molecule has 39 heavy (non-hydrogen) atoms. The number of hydrogen-bond acceptors (Lipinski definition) is 6. The predicted molar refractivity (Wildman–Crippen MR) is 153 cm³/mol. The number of aryl methyl sites for hydroxylation is 1. The molecule has 1 aliphatic heterocycles. The Morgan fingerprint density at radius 1 is 1.15 bits per heavy atom. The van der Waals surface area contributed by atoms with Crippen LogP contribution < -0.4 is 11.1 Å². The molecule has 2 aromatic carbocycles. The SMILES string of the molecule is CCC(=O)Nc1ccc(-c2c(-c3ccc(C4(N(CC)C(C)C)COC4)c(F)c3)c3c(N)ncnc3n2C)cc1. The topological polar surface area (TPSA) is 98.3 Å². The molecule has 0 bridgehead atoms. The molecule has 0 unspecified atom stereocenters. The van der Waals surface area contributed by atoms with Gasteiger partial charge in [0.15, 0.2) is 0 Å². The summed E-state index contributed by atoms with van der Waals surface area (Å²) in [5.41, 5.74) is 11.0. The van der Waals surface area contributed by atoms with Gasteiger partial charge >= 0.3 is 0 Å². The van der Waals surface area contributed by atoms with E-state index in [0.717, 1.165) is 23.4 Å². The second kappa shape index (κ2) is 10.4. The maximum atomic E-state index is 16.1. The number of benzene rings is 2. The van der Waals surface area contributed by atoms with Crippen LogP contribution in [0.1, 0.15) is 39.7 Å². The Bertz CT molecular complexity index is 1520. The summed E-state index contributed by atoms with van der Waals surface area (Å²) in [6.45, 7) is 9.85. The summed E-state index contributed by atoms with van der Waals surface area (Å²) in [7, 11) is 1.91. The first-order valence-electron chi connectivity index (χ1n) is 13.4. The van der Waals surface area contributed by atoms with Crippen LogP contribution in [-0.2, 0) is 22.1 Å². The number of rotatable bonds is 8. The molecule has 0 atom stereocenters. The van der Waals surface area contributed by atoms with Gasteiger partial charge in [-0.3, -0.25) is 9.69 Å². The number of amides is 1. The number of carbonyl (C=O) groups excluding carboxylic acids is 1. The van der Waals surface area contributed by atoms with Gasteiger partial charge in [-0.05, 0) is 49.7 Å². The highest BCUT2D eigenvalue weighted by Crippen LogP contribution is 2.44. The van der Waals surface area contributed by atoms with E-state index in [4.69, 9.17) is 10.5 Å². The highest BCUT2D eigenvalue weighted by Gasteiger charge is 2.47. The molecule has 1 fully saturated rings. The first-order chi connectivity index (χ1) is 18.7. The van der Waals surface area contributed by atoms with Crippen LogP contribution in [0.25, 0.3) is 33.4 Å². The Labute approximate surface area is 228 Å². The van der Waals surface area contributed by atoms with Crippen molar-refractivity contribution in [3.63, 3.8) is 0 Å². The van der Waals surface area contributed by atoms with E-state index in [9.17, 15) is 4.79 Å². The van der Waals surface area contributed by atoms with Crippen molar-refractivity contribution in [3.05, 3.63) is 60.2 Å². The van der Waals surface area contributed by atoms with Crippen LogP contribution in [0.2, 0.25) is 0 Å². The van der Waals surface area contributed by atoms with Crippen LogP contribution in [0.5, 0.6) is 0 Å². The zero-order chi connectivity index (χ0) is 27.9. The quantitative estimate of drug-likeness (QED) is 0.320. The van der Waals surface area contributed by atoms with Gasteiger partial charge in [0.1, 0.15) is 23.6 Å². The molecule has 1 aliphatic rings. The number of hydrogen-bond donors (Lipinski definition) is 2. The second-order valence-corrected chi connectivity index (χ2v) is 10.3. The number of nitrogens with two attached hydrogens (primary N) is 1. The highest BCUT2D eigenvalue weighted by atomic mass is 19.1. The summed E-state index contributed by atoms with van der Waals surface area (Å²) >= 11 is 0. The number of ether oxygens (including phenoxy) is 1. The Morgan fingerprint density at radius 2 is 1.85 bits per heavy atom. The summed E-state index contributed by atoms with van der Waals surface area (Å²) < 4.78 is 23.6. The van der Waals surface area contributed by atoms with E-state index in [1.807, 2.05) is 54.9 Å². The average molecular weight is 531 g/mol. The van der Waals surface area contributed by atoms with E-state index in [1.165, 1.54) is 6.33 Å². The predicted octanol–water partition coefficient (Wildman–Crippen LogP) is 5.33. The van der Waals surface area contributed by atoms with E-state index in [1.54, 1.807) is 6.07 Å². The van der Waals surface area contributed by atoms with Gasteiger partial charge in [0.05, 0.1) is 29.8 Å². The van der Waals surface area contributed by atoms with Crippen molar-refractivity contribution >= 4 is 28.4 Å². The normalized spacial score (nSPS) is 14.7. The van der Waals surface area contributed by atoms with Crippen LogP contribution in [-0.4, -0.2) is 51.1 Å². The Balaban J connectivity index is 1.66. The smallest absolute Gasteiger partial charge is 0.224 e. The summed E-state index contributed by atoms with van der Waals surface area (Å²) in [6, 6.07) is 13.2. The minimum absolute atomic E-state index is 0.0552. The van der Waals surface area contributed by atoms with Gasteiger partial charge in [0, 0.05) is 36.3 Å². The molecule has 2 aromatic heterocycles. The monoisotopic (exact) mass is 530 g/mol. The first-order valence-corrected chi connectivity index (χ1v) is 13.4. The molecule has 204 valence electrons. The second-order valence-electron chi connectivity index (χ2n) is 10.3. The molecular weight excluding hydrogens is 495 g/mol. The third-order valence-electron chi connectivity index (χ3n) is 7.71. The molecule has 4 aromatic rings. The summed E-state index contributed by atoms with van der Waals surface area (Å²) in [5, 5.41) is 3.55. The number of anilines is 2. The Kier molecular flexibility index (Phi) is 7.13. The summed E-state index contributed by atoms with van der Waals surface area (Å²) in [5.74, 6) is -0.0136. The van der Waals surface area contributed by atoms with Gasteiger partial charge in [-0.1, -0.05) is 38.1 Å². The fraction of sp³-hybridized carbons (Fsp3) is 0.367. The maximum absolute atomic E-state index is 16.1. The van der Waals surface area contributed by atoms with Crippen molar-refractivity contribution < 1.29 is 13.9 Å². The molecule has 0 spiro atoms. The van der Waals surface area contributed by atoms with Crippen LogP contribution in [0.15, 0.2) is 48.8 Å². The molecule has 0 radical (unpaired) electrons. The molecule has 3 heterocycles. The molecule has 5 rings (SSSR count). The van der Waals surface area contributed by atoms with Gasteiger partial charge in [-0.15, -0.1) is 0 Å². The van der Waals surface area contributed by atoms with E-state index < -0.39 is 5.54 Å². The molecule has 9 heteroatoms. The fourth-order valence-corrected chi connectivity index (χ4v) is 5.84. The average Bonchev–Trinajstić information content (AvgIpc) is 3.20. The fourth-order valence-electron chi connectivity index (χ4n) is 5.84. The molecule has 0 aliphatic carbocycles. The summed E-state index contributed by atoms with van der Waals surface area (Å²) in [6.07, 6.45) is 1.83. The van der Waals surface area contributed by atoms with E-state index >= 15 is 4.39 Å². The third kappa shape index (κ3) is 4.45. The van der Waals surface area contributed by atoms with Crippen LogP contribution in [0, 0.1) is 5.82 Å². The molecule has 8 nitrogen and oxygen atoms in total. The number of likely N-dealkylation sites (N-methyl/N-ethyl adjacent to an activating group) is 1. The lowest BCUT2D eigenvalue weighted by Gasteiger charge is -2.51. The van der Waals surface area contributed by atoms with Crippen molar-refractivity contribution in [1.82, 2.24) is 19.4 Å². The molecular formula is C30H35FN6O2. The van der Waals surface area contributed by atoms with Gasteiger partial charge in [-0.25, -0.2) is 14.4 Å². The zero-order valence-corrected chi connectivity index (χ0v) is 23.1. The van der Waals surface area contributed by atoms with Gasteiger partial charge in [0.2, 0.25) is 5.91 Å². The van der Waals surface area contributed by atoms with Gasteiger partial charge in [-0.2, -0.15) is 0 Å². The maximum Gasteiger partial charge on any atom is 0.224 e. The van der Waals surface area contributed by atoms with E-state index in [-0.39, 0.29) is 17.8 Å². The van der Waals surface area contributed by atoms with Gasteiger partial charge in [0.25, 0.3) is 0 Å². The number of halogens is 1. The van der Waals surface area contributed by atoms with Crippen LogP contribution >= 0.6 is 0 Å². The van der Waals surface area contributed by atoms with Crippen LogP contribution in [0.3, 0.4) is 0 Å². The standard InChI is InChI=1S/C30H35FN6O2/c1-6-24(38)35-21-11-8-19(9-12-21)27-25(26-28(32)33-17-34-29(26)36(27)5)20-10-13-22(23(31)14-20)30(15-39-16-30)37(7-2)18(3)4/h8-14,17-18H,6-7,15-16H2,1-5H3,(H,35,38)(H2,32,33,34). The number of fused-ring (bicyclic) bond motifs is 1. The lowest BCUT2D eigenvalue weighted by molar-refractivity contribution is -0.156.